The van der Waals surface area contributed by atoms with Gasteiger partial charge >= 0.3 is 0 Å². The summed E-state index contributed by atoms with van der Waals surface area (Å²) in [5.74, 6) is -0.124. The van der Waals surface area contributed by atoms with Gasteiger partial charge in [-0.05, 0) is 23.6 Å². The zero-order valence-corrected chi connectivity index (χ0v) is 13.7. The topological polar surface area (TPSA) is 59.8 Å². The number of aromatic nitrogens is 3. The van der Waals surface area contributed by atoms with E-state index in [1.807, 2.05) is 54.6 Å². The third kappa shape index (κ3) is 4.20. The molecule has 1 atom stereocenters. The molecule has 0 aliphatic rings. The number of rotatable bonds is 6. The molecular weight excluding hydrogens is 324 g/mol. The first-order chi connectivity index (χ1) is 11.7. The summed E-state index contributed by atoms with van der Waals surface area (Å²) in [5.41, 5.74) is 2.03. The number of halogens is 1. The van der Waals surface area contributed by atoms with Gasteiger partial charge in [-0.1, -0.05) is 60.1 Å². The van der Waals surface area contributed by atoms with E-state index in [-0.39, 0.29) is 18.5 Å². The average Bonchev–Trinajstić information content (AvgIpc) is 3.10. The molecule has 0 saturated carbocycles. The molecule has 2 aromatic carbocycles. The Morgan fingerprint density at radius 1 is 1.12 bits per heavy atom. The Morgan fingerprint density at radius 3 is 2.58 bits per heavy atom. The van der Waals surface area contributed by atoms with Crippen LogP contribution in [-0.2, 0) is 17.8 Å². The summed E-state index contributed by atoms with van der Waals surface area (Å²) < 4.78 is 1.49. The van der Waals surface area contributed by atoms with Crippen molar-refractivity contribution in [2.75, 3.05) is 0 Å². The molecular formula is C18H17ClN4O. The molecule has 0 bridgehead atoms. The van der Waals surface area contributed by atoms with Crippen LogP contribution in [0.4, 0.5) is 0 Å². The largest absolute Gasteiger partial charge is 0.347 e. The Morgan fingerprint density at radius 2 is 1.88 bits per heavy atom. The van der Waals surface area contributed by atoms with Gasteiger partial charge in [-0.3, -0.25) is 4.79 Å². The summed E-state index contributed by atoms with van der Waals surface area (Å²) >= 11 is 6.27. The Labute approximate surface area is 145 Å². The summed E-state index contributed by atoms with van der Waals surface area (Å²) in [4.78, 5) is 16.2. The van der Waals surface area contributed by atoms with Gasteiger partial charge in [0.25, 0.3) is 0 Å². The first-order valence-corrected chi connectivity index (χ1v) is 8.00. The van der Waals surface area contributed by atoms with Gasteiger partial charge < -0.3 is 5.32 Å². The van der Waals surface area contributed by atoms with Crippen LogP contribution in [0.15, 0.2) is 67.3 Å². The third-order valence-corrected chi connectivity index (χ3v) is 4.06. The molecule has 0 fully saturated rings. The zero-order valence-electron chi connectivity index (χ0n) is 13.0. The maximum Gasteiger partial charge on any atom is 0.242 e. The zero-order chi connectivity index (χ0) is 16.8. The molecule has 1 aromatic heterocycles. The lowest BCUT2D eigenvalue weighted by atomic mass is 9.98. The van der Waals surface area contributed by atoms with E-state index in [1.54, 1.807) is 0 Å². The van der Waals surface area contributed by atoms with Crippen molar-refractivity contribution in [3.8, 4) is 0 Å². The number of nitrogens with zero attached hydrogens (tertiary/aromatic N) is 3. The molecule has 0 spiro atoms. The highest BCUT2D eigenvalue weighted by molar-refractivity contribution is 6.31. The van der Waals surface area contributed by atoms with Gasteiger partial charge in [-0.2, -0.15) is 5.10 Å². The van der Waals surface area contributed by atoms with Crippen LogP contribution >= 0.6 is 11.6 Å². The molecule has 1 N–H and O–H groups in total. The standard InChI is InChI=1S/C18H17ClN4O/c19-16-9-5-4-8-15(16)10-17(14-6-2-1-3-7-14)22-18(24)11-23-13-20-12-21-23/h1-9,12-13,17H,10-11H2,(H,22,24)/t17-/m0/s1. The predicted molar refractivity (Wildman–Crippen MR) is 92.5 cm³/mol. The summed E-state index contributed by atoms with van der Waals surface area (Å²) in [6.45, 7) is 0.131. The normalized spacial score (nSPS) is 11.9. The lowest BCUT2D eigenvalue weighted by Crippen LogP contribution is -2.33. The highest BCUT2D eigenvalue weighted by Crippen LogP contribution is 2.23. The molecule has 1 heterocycles. The summed E-state index contributed by atoms with van der Waals surface area (Å²) in [6.07, 6.45) is 3.55. The third-order valence-electron chi connectivity index (χ3n) is 3.69. The quantitative estimate of drug-likeness (QED) is 0.750. The molecule has 5 nitrogen and oxygen atoms in total. The minimum absolute atomic E-state index is 0.124. The predicted octanol–water partition coefficient (Wildman–Crippen LogP) is 3.03. The average molecular weight is 341 g/mol. The van der Waals surface area contributed by atoms with Crippen LogP contribution in [0, 0.1) is 0 Å². The molecule has 24 heavy (non-hydrogen) atoms. The number of hydrogen-bond acceptors (Lipinski definition) is 3. The summed E-state index contributed by atoms with van der Waals surface area (Å²) in [5, 5.41) is 7.72. The summed E-state index contributed by atoms with van der Waals surface area (Å²) in [7, 11) is 0. The number of hydrogen-bond donors (Lipinski definition) is 1. The second-order valence-electron chi connectivity index (χ2n) is 5.42. The van der Waals surface area contributed by atoms with Crippen molar-refractivity contribution < 1.29 is 4.79 Å². The molecule has 0 aliphatic heterocycles. The van der Waals surface area contributed by atoms with E-state index >= 15 is 0 Å². The molecule has 122 valence electrons. The van der Waals surface area contributed by atoms with Crippen molar-refractivity contribution in [2.24, 2.45) is 0 Å². The molecule has 6 heteroatoms. The Kier molecular flexibility index (Phi) is 5.23. The van der Waals surface area contributed by atoms with E-state index in [9.17, 15) is 4.79 Å². The lowest BCUT2D eigenvalue weighted by Gasteiger charge is -2.20. The van der Waals surface area contributed by atoms with E-state index in [0.29, 0.717) is 11.4 Å². The fourth-order valence-electron chi connectivity index (χ4n) is 2.52. The number of carbonyl (C=O) groups excluding carboxylic acids is 1. The molecule has 0 unspecified atom stereocenters. The van der Waals surface area contributed by atoms with E-state index < -0.39 is 0 Å². The fraction of sp³-hybridized carbons (Fsp3) is 0.167. The van der Waals surface area contributed by atoms with Crippen LogP contribution in [0.5, 0.6) is 0 Å². The van der Waals surface area contributed by atoms with E-state index in [4.69, 9.17) is 11.6 Å². The molecule has 3 rings (SSSR count). The molecule has 0 saturated heterocycles. The second-order valence-corrected chi connectivity index (χ2v) is 5.83. The van der Waals surface area contributed by atoms with Gasteiger partial charge in [0, 0.05) is 5.02 Å². The van der Waals surface area contributed by atoms with Gasteiger partial charge in [-0.15, -0.1) is 0 Å². The smallest absolute Gasteiger partial charge is 0.242 e. The van der Waals surface area contributed by atoms with Crippen LogP contribution in [-0.4, -0.2) is 20.7 Å². The van der Waals surface area contributed by atoms with Crippen LogP contribution in [0.1, 0.15) is 17.2 Å². The minimum Gasteiger partial charge on any atom is -0.347 e. The number of amides is 1. The highest BCUT2D eigenvalue weighted by Gasteiger charge is 2.17. The van der Waals surface area contributed by atoms with Crippen molar-refractivity contribution in [2.45, 2.75) is 19.0 Å². The number of carbonyl (C=O) groups is 1. The van der Waals surface area contributed by atoms with Gasteiger partial charge in [0.1, 0.15) is 19.2 Å². The molecule has 1 amide bonds. The minimum atomic E-state index is -0.165. The van der Waals surface area contributed by atoms with Crippen LogP contribution in [0.3, 0.4) is 0 Å². The molecule has 3 aromatic rings. The van der Waals surface area contributed by atoms with Crippen LogP contribution in [0.2, 0.25) is 5.02 Å². The first kappa shape index (κ1) is 16.2. The van der Waals surface area contributed by atoms with Crippen LogP contribution in [0.25, 0.3) is 0 Å². The SMILES string of the molecule is O=C(Cn1cncn1)N[C@@H](Cc1ccccc1Cl)c1ccccc1. The molecule has 0 aliphatic carbocycles. The lowest BCUT2D eigenvalue weighted by molar-refractivity contribution is -0.122. The van der Waals surface area contributed by atoms with Crippen molar-refractivity contribution in [3.05, 3.63) is 83.4 Å². The Bertz CT molecular complexity index is 790. The Balaban J connectivity index is 1.77. The van der Waals surface area contributed by atoms with Crippen molar-refractivity contribution in [1.82, 2.24) is 20.1 Å². The van der Waals surface area contributed by atoms with Gasteiger partial charge in [-0.25, -0.2) is 9.67 Å². The molecule has 0 radical (unpaired) electrons. The fourth-order valence-corrected chi connectivity index (χ4v) is 2.74. The van der Waals surface area contributed by atoms with Crippen LogP contribution < -0.4 is 5.32 Å². The number of nitrogens with one attached hydrogen (secondary N) is 1. The highest BCUT2D eigenvalue weighted by atomic mass is 35.5. The monoisotopic (exact) mass is 340 g/mol. The maximum atomic E-state index is 12.3. The maximum absolute atomic E-state index is 12.3. The van der Waals surface area contributed by atoms with Gasteiger partial charge in [0.2, 0.25) is 5.91 Å². The van der Waals surface area contributed by atoms with E-state index in [0.717, 1.165) is 11.1 Å². The summed E-state index contributed by atoms with van der Waals surface area (Å²) in [6, 6.07) is 17.4. The second kappa shape index (κ2) is 7.75. The van der Waals surface area contributed by atoms with Crippen molar-refractivity contribution in [1.29, 1.82) is 0 Å². The van der Waals surface area contributed by atoms with E-state index in [2.05, 4.69) is 15.4 Å². The van der Waals surface area contributed by atoms with Gasteiger partial charge in [0.05, 0.1) is 6.04 Å². The van der Waals surface area contributed by atoms with Crippen molar-refractivity contribution >= 4 is 17.5 Å². The van der Waals surface area contributed by atoms with Crippen molar-refractivity contribution in [3.63, 3.8) is 0 Å². The van der Waals surface area contributed by atoms with Gasteiger partial charge in [0.15, 0.2) is 0 Å². The first-order valence-electron chi connectivity index (χ1n) is 7.62. The number of benzene rings is 2. The Hall–Kier alpha value is -2.66. The van der Waals surface area contributed by atoms with E-state index in [1.165, 1.54) is 17.3 Å².